The molecule has 0 fully saturated rings. The molecule has 5 heteroatoms. The number of benzene rings is 1. The van der Waals surface area contributed by atoms with Crippen LogP contribution in [0, 0.1) is 0 Å². The number of thiocarbonyl (C=S) groups is 1. The molecule has 1 rings (SSSR count). The van der Waals surface area contributed by atoms with E-state index in [9.17, 15) is 13.2 Å². The summed E-state index contributed by atoms with van der Waals surface area (Å²) < 4.78 is 37.5. The zero-order valence-electron chi connectivity index (χ0n) is 7.71. The zero-order chi connectivity index (χ0) is 11.3. The van der Waals surface area contributed by atoms with Crippen LogP contribution in [0.4, 0.5) is 13.2 Å². The Morgan fingerprint density at radius 1 is 1.27 bits per heavy atom. The molecule has 80 valence electrons. The highest BCUT2D eigenvalue weighted by atomic mass is 32.1. The maximum Gasteiger partial charge on any atom is 0.416 e. The van der Waals surface area contributed by atoms with Crippen molar-refractivity contribution in [2.24, 2.45) is 4.99 Å². The van der Waals surface area contributed by atoms with E-state index in [1.54, 1.807) is 6.07 Å². The predicted octanol–water partition coefficient (Wildman–Crippen LogP) is 3.35. The molecule has 1 aromatic rings. The van der Waals surface area contributed by atoms with E-state index in [1.165, 1.54) is 12.1 Å². The number of nitrogens with zero attached hydrogens (tertiary/aromatic N) is 1. The molecule has 0 aromatic heterocycles. The van der Waals surface area contributed by atoms with Gasteiger partial charge in [0.2, 0.25) is 0 Å². The second-order valence-corrected chi connectivity index (χ2v) is 3.06. The predicted molar refractivity (Wildman–Crippen MR) is 55.0 cm³/mol. The van der Waals surface area contributed by atoms with Gasteiger partial charge in [0.1, 0.15) is 0 Å². The summed E-state index contributed by atoms with van der Waals surface area (Å²) >= 11 is 4.33. The lowest BCUT2D eigenvalue weighted by molar-refractivity contribution is -0.138. The summed E-state index contributed by atoms with van der Waals surface area (Å²) in [6, 6.07) is 5.46. The fourth-order valence-corrected chi connectivity index (χ4v) is 1.33. The van der Waals surface area contributed by atoms with Gasteiger partial charge in [0.15, 0.2) is 0 Å². The van der Waals surface area contributed by atoms with E-state index in [0.717, 1.165) is 6.07 Å². The maximum atomic E-state index is 12.5. The molecule has 0 bridgehead atoms. The minimum Gasteiger partial charge on any atom is -0.232 e. The smallest absolute Gasteiger partial charge is 0.232 e. The first-order chi connectivity index (χ1) is 7.05. The summed E-state index contributed by atoms with van der Waals surface area (Å²) in [4.78, 5) is 3.59. The average Bonchev–Trinajstić information content (AvgIpc) is 2.17. The van der Waals surface area contributed by atoms with E-state index in [0.29, 0.717) is 0 Å². The molecule has 0 aliphatic heterocycles. The van der Waals surface area contributed by atoms with Crippen molar-refractivity contribution in [1.29, 1.82) is 0 Å². The van der Waals surface area contributed by atoms with Crippen molar-refractivity contribution >= 4 is 17.4 Å². The molecule has 0 N–H and O–H groups in total. The molecule has 0 saturated carbocycles. The van der Waals surface area contributed by atoms with Crippen molar-refractivity contribution in [2.45, 2.75) is 12.6 Å². The summed E-state index contributed by atoms with van der Waals surface area (Å²) in [5, 5.41) is 2.12. The zero-order valence-corrected chi connectivity index (χ0v) is 8.53. The van der Waals surface area contributed by atoms with Gasteiger partial charge < -0.3 is 0 Å². The minimum absolute atomic E-state index is 0.222. The topological polar surface area (TPSA) is 12.4 Å². The normalized spacial score (nSPS) is 10.9. The molecule has 0 atom stereocenters. The Bertz CT molecular complexity index is 380. The van der Waals surface area contributed by atoms with E-state index in [-0.39, 0.29) is 18.5 Å². The second-order valence-electron chi connectivity index (χ2n) is 2.88. The Kier molecular flexibility index (Phi) is 4.00. The monoisotopic (exact) mass is 231 g/mol. The lowest BCUT2D eigenvalue weighted by atomic mass is 10.0. The molecule has 0 saturated heterocycles. The molecule has 0 amide bonds. The molecule has 0 heterocycles. The molecular weight excluding hydrogens is 223 g/mol. The van der Waals surface area contributed by atoms with Crippen molar-refractivity contribution in [3.63, 3.8) is 0 Å². The third kappa shape index (κ3) is 3.46. The van der Waals surface area contributed by atoms with Crippen molar-refractivity contribution in [1.82, 2.24) is 0 Å². The van der Waals surface area contributed by atoms with Gasteiger partial charge in [-0.2, -0.15) is 13.2 Å². The van der Waals surface area contributed by atoms with Crippen molar-refractivity contribution in [3.8, 4) is 0 Å². The first kappa shape index (κ1) is 11.9. The molecule has 15 heavy (non-hydrogen) atoms. The SMILES string of the molecule is FC(F)(F)c1ccccc1CCN=C=S. The van der Waals surface area contributed by atoms with Crippen LogP contribution in [0.2, 0.25) is 0 Å². The van der Waals surface area contributed by atoms with Crippen LogP contribution >= 0.6 is 12.2 Å². The van der Waals surface area contributed by atoms with Gasteiger partial charge in [-0.05, 0) is 30.3 Å². The Hall–Kier alpha value is -1.19. The van der Waals surface area contributed by atoms with E-state index in [1.807, 2.05) is 0 Å². The fraction of sp³-hybridized carbons (Fsp3) is 0.300. The summed E-state index contributed by atoms with van der Waals surface area (Å²) in [6.45, 7) is 0.233. The highest BCUT2D eigenvalue weighted by Gasteiger charge is 2.32. The van der Waals surface area contributed by atoms with Gasteiger partial charge in [-0.3, -0.25) is 0 Å². The van der Waals surface area contributed by atoms with Gasteiger partial charge in [0, 0.05) is 0 Å². The van der Waals surface area contributed by atoms with Gasteiger partial charge in [0.25, 0.3) is 0 Å². The molecule has 0 aliphatic carbocycles. The lowest BCUT2D eigenvalue weighted by Crippen LogP contribution is -2.09. The number of alkyl halides is 3. The summed E-state index contributed by atoms with van der Waals surface area (Å²) in [5.41, 5.74) is -0.372. The van der Waals surface area contributed by atoms with Crippen LogP contribution < -0.4 is 0 Å². The van der Waals surface area contributed by atoms with Crippen LogP contribution in [-0.4, -0.2) is 11.7 Å². The lowest BCUT2D eigenvalue weighted by Gasteiger charge is -2.11. The third-order valence-electron chi connectivity index (χ3n) is 1.88. The number of aliphatic imine (C=N–C) groups is 1. The summed E-state index contributed by atoms with van der Waals surface area (Å²) in [7, 11) is 0. The van der Waals surface area contributed by atoms with E-state index in [2.05, 4.69) is 22.4 Å². The molecule has 0 spiro atoms. The van der Waals surface area contributed by atoms with Crippen LogP contribution in [0.3, 0.4) is 0 Å². The Balaban J connectivity index is 2.91. The Morgan fingerprint density at radius 2 is 1.93 bits per heavy atom. The fourth-order valence-electron chi connectivity index (χ4n) is 1.24. The highest BCUT2D eigenvalue weighted by Crippen LogP contribution is 2.31. The number of hydrogen-bond donors (Lipinski definition) is 0. The average molecular weight is 231 g/mol. The minimum atomic E-state index is -4.31. The van der Waals surface area contributed by atoms with E-state index >= 15 is 0 Å². The third-order valence-corrected chi connectivity index (χ3v) is 2.01. The van der Waals surface area contributed by atoms with Crippen LogP contribution in [0.15, 0.2) is 29.3 Å². The highest BCUT2D eigenvalue weighted by molar-refractivity contribution is 7.78. The number of rotatable bonds is 3. The largest absolute Gasteiger partial charge is 0.416 e. The molecule has 0 radical (unpaired) electrons. The van der Waals surface area contributed by atoms with E-state index < -0.39 is 11.7 Å². The standard InChI is InChI=1S/C10H8F3NS/c11-10(12,13)9-4-2-1-3-8(9)5-6-14-7-15/h1-4H,5-6H2. The van der Waals surface area contributed by atoms with Gasteiger partial charge in [-0.15, -0.1) is 0 Å². The molecular formula is C10H8F3NS. The van der Waals surface area contributed by atoms with Gasteiger partial charge in [-0.25, -0.2) is 4.99 Å². The Labute approximate surface area is 90.6 Å². The van der Waals surface area contributed by atoms with Crippen molar-refractivity contribution < 1.29 is 13.2 Å². The number of hydrogen-bond acceptors (Lipinski definition) is 2. The van der Waals surface area contributed by atoms with Crippen LogP contribution in [0.25, 0.3) is 0 Å². The number of halogens is 3. The Morgan fingerprint density at radius 3 is 2.53 bits per heavy atom. The van der Waals surface area contributed by atoms with Gasteiger partial charge in [0.05, 0.1) is 17.3 Å². The van der Waals surface area contributed by atoms with Gasteiger partial charge in [-0.1, -0.05) is 18.2 Å². The second kappa shape index (κ2) is 5.05. The van der Waals surface area contributed by atoms with Crippen LogP contribution in [0.1, 0.15) is 11.1 Å². The quantitative estimate of drug-likeness (QED) is 0.574. The molecule has 1 aromatic carbocycles. The first-order valence-corrected chi connectivity index (χ1v) is 4.65. The van der Waals surface area contributed by atoms with Gasteiger partial charge >= 0.3 is 6.18 Å². The molecule has 0 aliphatic rings. The summed E-state index contributed by atoms with van der Waals surface area (Å²) in [5.74, 6) is 0. The van der Waals surface area contributed by atoms with Crippen LogP contribution in [-0.2, 0) is 12.6 Å². The number of isothiocyanates is 1. The van der Waals surface area contributed by atoms with E-state index in [4.69, 9.17) is 0 Å². The molecule has 0 unspecified atom stereocenters. The van der Waals surface area contributed by atoms with Crippen molar-refractivity contribution in [2.75, 3.05) is 6.54 Å². The maximum absolute atomic E-state index is 12.5. The molecule has 1 nitrogen and oxygen atoms in total. The first-order valence-electron chi connectivity index (χ1n) is 4.24. The van der Waals surface area contributed by atoms with Crippen molar-refractivity contribution in [3.05, 3.63) is 35.4 Å². The van der Waals surface area contributed by atoms with Crippen LogP contribution in [0.5, 0.6) is 0 Å². The summed E-state index contributed by atoms with van der Waals surface area (Å²) in [6.07, 6.45) is -4.09.